The lowest BCUT2D eigenvalue weighted by Crippen LogP contribution is -2.47. The second-order valence-electron chi connectivity index (χ2n) is 12.2. The normalized spacial score (nSPS) is 13.6. The topological polar surface area (TPSA) is 57.2 Å². The van der Waals surface area contributed by atoms with Crippen molar-refractivity contribution in [2.24, 2.45) is 0 Å². The zero-order chi connectivity index (χ0) is 30.6. The van der Waals surface area contributed by atoms with Gasteiger partial charge in [-0.15, -0.1) is 0 Å². The molecule has 0 aliphatic carbocycles. The van der Waals surface area contributed by atoms with Crippen molar-refractivity contribution >= 4 is 10.1 Å². The zero-order valence-corrected chi connectivity index (χ0v) is 28.9. The van der Waals surface area contributed by atoms with Crippen LogP contribution in [-0.4, -0.2) is 48.6 Å². The van der Waals surface area contributed by atoms with Crippen LogP contribution in [0.15, 0.2) is 0 Å². The number of hydrogen-bond acceptors (Lipinski definition) is 3. The van der Waals surface area contributed by atoms with Gasteiger partial charge in [0.1, 0.15) is 10.1 Å². The molecule has 0 aliphatic rings. The monoisotopic (exact) mass is 594 g/mol. The van der Waals surface area contributed by atoms with Crippen LogP contribution in [0.2, 0.25) is 0 Å². The van der Waals surface area contributed by atoms with E-state index >= 15 is 0 Å². The molecule has 40 heavy (non-hydrogen) atoms. The maximum atomic E-state index is 14.9. The Labute approximate surface area is 252 Å². The number of unbranched alkanes of at least 4 members (excludes halogenated alkanes) is 19. The number of rotatable bonds is 28. The number of halogens is 1. The average molecular weight is 594 g/mol. The number of quaternary nitrogens is 1. The first-order valence-corrected chi connectivity index (χ1v) is 19.0. The standard InChI is InChI=1S/C26H53FO3S.C8H20N/c1-3-5-7-9-11-13-14-15-16-17-19-21-23-25-26(27,31(28,29)30)24-22-20-18-12-10-8-6-4-2;1-5-9(6-2,7-3)8-4/h3-25H2,1-2H3,(H,28,29,30);5-8H2,1-4H3/q;+1/p-1. The van der Waals surface area contributed by atoms with E-state index in [1.54, 1.807) is 0 Å². The van der Waals surface area contributed by atoms with Gasteiger partial charge < -0.3 is 9.04 Å². The molecule has 0 saturated carbocycles. The Morgan fingerprint density at radius 3 is 0.875 bits per heavy atom. The summed E-state index contributed by atoms with van der Waals surface area (Å²) in [6.45, 7) is 18.6. The molecule has 0 rings (SSSR count). The molecule has 0 spiro atoms. The molecule has 0 heterocycles. The van der Waals surface area contributed by atoms with E-state index in [4.69, 9.17) is 0 Å². The van der Waals surface area contributed by atoms with Crippen molar-refractivity contribution in [2.75, 3.05) is 26.2 Å². The lowest BCUT2D eigenvalue weighted by molar-refractivity contribution is -0.921. The second-order valence-corrected chi connectivity index (χ2v) is 13.8. The van der Waals surface area contributed by atoms with E-state index in [-0.39, 0.29) is 12.8 Å². The van der Waals surface area contributed by atoms with E-state index in [2.05, 4.69) is 41.5 Å². The molecule has 0 amide bonds. The summed E-state index contributed by atoms with van der Waals surface area (Å²) in [5, 5.41) is -2.56. The third kappa shape index (κ3) is 22.4. The molecule has 244 valence electrons. The molecule has 1 atom stereocenters. The van der Waals surface area contributed by atoms with Crippen LogP contribution in [0.3, 0.4) is 0 Å². The van der Waals surface area contributed by atoms with Gasteiger partial charge in [-0.2, -0.15) is 0 Å². The first-order chi connectivity index (χ1) is 19.1. The Hall–Kier alpha value is -0.200. The molecule has 0 aromatic carbocycles. The van der Waals surface area contributed by atoms with Crippen molar-refractivity contribution in [3.8, 4) is 0 Å². The van der Waals surface area contributed by atoms with Gasteiger partial charge in [-0.3, -0.25) is 0 Å². The fraction of sp³-hybridized carbons (Fsp3) is 1.00. The largest absolute Gasteiger partial charge is 0.745 e. The Morgan fingerprint density at radius 1 is 0.475 bits per heavy atom. The summed E-state index contributed by atoms with van der Waals surface area (Å²) in [6.07, 6.45) is 23.3. The smallest absolute Gasteiger partial charge is 0.199 e. The Balaban J connectivity index is 0. The molecular formula is C34H72FNO3S. The lowest BCUT2D eigenvalue weighted by Gasteiger charge is -2.34. The minimum atomic E-state index is -4.90. The van der Waals surface area contributed by atoms with Gasteiger partial charge in [0.25, 0.3) is 0 Å². The summed E-state index contributed by atoms with van der Waals surface area (Å²) in [6, 6.07) is 0. The van der Waals surface area contributed by atoms with Crippen LogP contribution < -0.4 is 0 Å². The van der Waals surface area contributed by atoms with E-state index in [0.717, 1.165) is 38.5 Å². The number of alkyl halides is 1. The summed E-state index contributed by atoms with van der Waals surface area (Å²) in [5.74, 6) is 0. The second kappa shape index (κ2) is 27.6. The molecule has 0 aliphatic heterocycles. The highest BCUT2D eigenvalue weighted by Crippen LogP contribution is 2.32. The molecule has 0 fully saturated rings. The molecule has 0 N–H and O–H groups in total. The molecule has 0 aromatic heterocycles. The van der Waals surface area contributed by atoms with E-state index < -0.39 is 15.1 Å². The third-order valence-corrected chi connectivity index (χ3v) is 10.5. The lowest BCUT2D eigenvalue weighted by atomic mass is 10.0. The maximum Gasteiger partial charge on any atom is 0.199 e. The summed E-state index contributed by atoms with van der Waals surface area (Å²) < 4.78 is 50.7. The summed E-state index contributed by atoms with van der Waals surface area (Å²) >= 11 is 0. The van der Waals surface area contributed by atoms with Gasteiger partial charge in [0.2, 0.25) is 0 Å². The van der Waals surface area contributed by atoms with Gasteiger partial charge in [-0.25, -0.2) is 12.8 Å². The highest BCUT2D eigenvalue weighted by Gasteiger charge is 2.36. The molecule has 0 bridgehead atoms. The van der Waals surface area contributed by atoms with Gasteiger partial charge in [-0.1, -0.05) is 136 Å². The van der Waals surface area contributed by atoms with Gasteiger partial charge >= 0.3 is 0 Å². The molecular weight excluding hydrogens is 521 g/mol. The summed E-state index contributed by atoms with van der Waals surface area (Å²) in [7, 11) is -4.90. The van der Waals surface area contributed by atoms with E-state index in [1.165, 1.54) is 114 Å². The SMILES string of the molecule is CCCCCCCCCCCCCCCC(F)(CCCCCCCCCC)S(=O)(=O)[O-].CC[N+](CC)(CC)CC. The molecule has 1 unspecified atom stereocenters. The average Bonchev–Trinajstić information content (AvgIpc) is 2.94. The molecule has 0 saturated heterocycles. The summed E-state index contributed by atoms with van der Waals surface area (Å²) in [4.78, 5) is 0. The van der Waals surface area contributed by atoms with Gasteiger partial charge in [-0.05, 0) is 53.4 Å². The molecule has 0 radical (unpaired) electrons. The first-order valence-electron chi connectivity index (χ1n) is 17.6. The van der Waals surface area contributed by atoms with Crippen molar-refractivity contribution in [3.63, 3.8) is 0 Å². The molecule has 6 heteroatoms. The Kier molecular flexibility index (Phi) is 29.0. The van der Waals surface area contributed by atoms with Crippen LogP contribution in [0.5, 0.6) is 0 Å². The molecule has 4 nitrogen and oxygen atoms in total. The van der Waals surface area contributed by atoms with Crippen LogP contribution in [0, 0.1) is 0 Å². The zero-order valence-electron chi connectivity index (χ0n) is 28.1. The number of hydrogen-bond donors (Lipinski definition) is 0. The maximum absolute atomic E-state index is 14.9. The van der Waals surface area contributed by atoms with Gasteiger partial charge in [0, 0.05) is 0 Å². The predicted octanol–water partition coefficient (Wildman–Crippen LogP) is 11.1. The quantitative estimate of drug-likeness (QED) is 0.0515. The third-order valence-electron chi connectivity index (χ3n) is 9.19. The Morgan fingerprint density at radius 2 is 0.700 bits per heavy atom. The fourth-order valence-electron chi connectivity index (χ4n) is 5.65. The summed E-state index contributed by atoms with van der Waals surface area (Å²) in [5.41, 5.74) is 0. The van der Waals surface area contributed by atoms with Crippen LogP contribution in [0.4, 0.5) is 4.39 Å². The van der Waals surface area contributed by atoms with Crippen molar-refractivity contribution in [1.29, 1.82) is 0 Å². The first kappa shape index (κ1) is 41.9. The number of nitrogens with zero attached hydrogens (tertiary/aromatic N) is 1. The van der Waals surface area contributed by atoms with Crippen LogP contribution in [0.25, 0.3) is 0 Å². The van der Waals surface area contributed by atoms with Crippen molar-refractivity contribution in [2.45, 2.75) is 194 Å². The van der Waals surface area contributed by atoms with Crippen molar-refractivity contribution in [1.82, 2.24) is 0 Å². The minimum absolute atomic E-state index is 0.132. The van der Waals surface area contributed by atoms with Crippen LogP contribution in [-0.2, 0) is 10.1 Å². The predicted molar refractivity (Wildman–Crippen MR) is 173 cm³/mol. The van der Waals surface area contributed by atoms with Gasteiger partial charge in [0.05, 0.1) is 26.2 Å². The highest BCUT2D eigenvalue weighted by atomic mass is 32.2. The Bertz CT molecular complexity index is 607. The van der Waals surface area contributed by atoms with Gasteiger partial charge in [0.15, 0.2) is 5.00 Å². The van der Waals surface area contributed by atoms with Crippen LogP contribution in [0.1, 0.15) is 189 Å². The fourth-order valence-corrected chi connectivity index (χ4v) is 6.43. The van der Waals surface area contributed by atoms with E-state index in [9.17, 15) is 17.4 Å². The van der Waals surface area contributed by atoms with E-state index in [0.29, 0.717) is 12.8 Å². The molecule has 0 aromatic rings. The van der Waals surface area contributed by atoms with Crippen molar-refractivity contribution < 1.29 is 21.8 Å². The van der Waals surface area contributed by atoms with Crippen molar-refractivity contribution in [3.05, 3.63) is 0 Å². The highest BCUT2D eigenvalue weighted by molar-refractivity contribution is 7.87. The van der Waals surface area contributed by atoms with E-state index in [1.807, 2.05) is 0 Å². The minimum Gasteiger partial charge on any atom is -0.745 e. The van der Waals surface area contributed by atoms with Crippen LogP contribution >= 0.6 is 0 Å².